The molecule has 2 atom stereocenters. The second-order valence-electron chi connectivity index (χ2n) is 6.94. The third kappa shape index (κ3) is 5.07. The van der Waals surface area contributed by atoms with Crippen molar-refractivity contribution in [3.05, 3.63) is 71.8 Å². The molecule has 26 heavy (non-hydrogen) atoms. The summed E-state index contributed by atoms with van der Waals surface area (Å²) in [4.78, 5) is 16.7. The molecule has 1 aliphatic heterocycles. The van der Waals surface area contributed by atoms with Crippen LogP contribution in [0, 0.1) is 5.92 Å². The highest BCUT2D eigenvalue weighted by atomic mass is 35.5. The molecule has 2 aromatic rings. The first kappa shape index (κ1) is 20.4. The van der Waals surface area contributed by atoms with Crippen molar-refractivity contribution >= 4 is 18.3 Å². The second kappa shape index (κ2) is 9.72. The van der Waals surface area contributed by atoms with Gasteiger partial charge in [-0.25, -0.2) is 0 Å². The molecule has 0 aromatic heterocycles. The third-order valence-corrected chi connectivity index (χ3v) is 5.09. The van der Waals surface area contributed by atoms with Crippen LogP contribution in [0.1, 0.15) is 17.0 Å². The van der Waals surface area contributed by atoms with E-state index in [9.17, 15) is 4.79 Å². The first-order valence-corrected chi connectivity index (χ1v) is 8.92. The number of hydrogen-bond acceptors (Lipinski definition) is 3. The molecule has 0 aliphatic carbocycles. The van der Waals surface area contributed by atoms with Gasteiger partial charge in [0, 0.05) is 32.6 Å². The van der Waals surface area contributed by atoms with Crippen molar-refractivity contribution in [1.82, 2.24) is 9.80 Å². The Morgan fingerprint density at radius 3 is 2.31 bits per heavy atom. The summed E-state index contributed by atoms with van der Waals surface area (Å²) in [6, 6.07) is 20.6. The van der Waals surface area contributed by atoms with Crippen molar-refractivity contribution in [3.63, 3.8) is 0 Å². The lowest BCUT2D eigenvalue weighted by Crippen LogP contribution is -2.37. The number of hydrogen-bond donors (Lipinski definition) is 1. The monoisotopic (exact) mass is 373 g/mol. The predicted molar refractivity (Wildman–Crippen MR) is 108 cm³/mol. The van der Waals surface area contributed by atoms with E-state index in [-0.39, 0.29) is 18.3 Å². The molecule has 1 amide bonds. The Kier molecular flexibility index (Phi) is 7.64. The standard InChI is InChI=1S/C21H27N3O.ClH/c1-23(13-17-8-4-2-5-9-17)21(25)16-24-14-19(12-22)20(15-24)18-10-6-3-7-11-18;/h2-11,19-20H,12-16,22H2,1H3;1H/t19-,20+;/m1./s1. The lowest BCUT2D eigenvalue weighted by atomic mass is 9.89. The molecule has 1 fully saturated rings. The third-order valence-electron chi connectivity index (χ3n) is 5.09. The van der Waals surface area contributed by atoms with Crippen LogP contribution in [-0.4, -0.2) is 48.9 Å². The Morgan fingerprint density at radius 1 is 1.08 bits per heavy atom. The lowest BCUT2D eigenvalue weighted by Gasteiger charge is -2.22. The maximum atomic E-state index is 12.6. The number of halogens is 1. The average Bonchev–Trinajstić information content (AvgIpc) is 3.06. The molecule has 2 N–H and O–H groups in total. The Hall–Kier alpha value is -1.88. The molecule has 140 valence electrons. The molecule has 1 aliphatic rings. The van der Waals surface area contributed by atoms with Gasteiger partial charge in [-0.2, -0.15) is 0 Å². The van der Waals surface area contributed by atoms with Gasteiger partial charge in [-0.05, 0) is 23.6 Å². The number of amides is 1. The van der Waals surface area contributed by atoms with Crippen molar-refractivity contribution in [1.29, 1.82) is 0 Å². The summed E-state index contributed by atoms with van der Waals surface area (Å²) in [5.41, 5.74) is 8.47. The summed E-state index contributed by atoms with van der Waals surface area (Å²) >= 11 is 0. The van der Waals surface area contributed by atoms with E-state index in [0.29, 0.717) is 31.5 Å². The minimum Gasteiger partial charge on any atom is -0.340 e. The van der Waals surface area contributed by atoms with Crippen molar-refractivity contribution in [2.75, 3.05) is 33.2 Å². The van der Waals surface area contributed by atoms with Crippen molar-refractivity contribution < 1.29 is 4.79 Å². The molecule has 2 aromatic carbocycles. The number of carbonyl (C=O) groups excluding carboxylic acids is 1. The van der Waals surface area contributed by atoms with Gasteiger partial charge in [0.15, 0.2) is 0 Å². The normalized spacial score (nSPS) is 19.8. The van der Waals surface area contributed by atoms with E-state index < -0.39 is 0 Å². The van der Waals surface area contributed by atoms with Crippen molar-refractivity contribution in [3.8, 4) is 0 Å². The minimum absolute atomic E-state index is 0. The van der Waals surface area contributed by atoms with Crippen LogP contribution < -0.4 is 5.73 Å². The van der Waals surface area contributed by atoms with E-state index in [2.05, 4.69) is 41.3 Å². The highest BCUT2D eigenvalue weighted by Crippen LogP contribution is 2.31. The van der Waals surface area contributed by atoms with Gasteiger partial charge in [0.1, 0.15) is 0 Å². The average molecular weight is 374 g/mol. The van der Waals surface area contributed by atoms with E-state index in [4.69, 9.17) is 5.73 Å². The Morgan fingerprint density at radius 2 is 1.69 bits per heavy atom. The molecule has 0 unspecified atom stereocenters. The van der Waals surface area contributed by atoms with E-state index in [0.717, 1.165) is 18.7 Å². The highest BCUT2D eigenvalue weighted by Gasteiger charge is 2.33. The molecule has 0 bridgehead atoms. The number of likely N-dealkylation sites (N-methyl/N-ethyl adjacent to an activating group) is 1. The Labute approximate surface area is 162 Å². The van der Waals surface area contributed by atoms with Crippen LogP contribution in [0.3, 0.4) is 0 Å². The number of benzene rings is 2. The first-order valence-electron chi connectivity index (χ1n) is 8.92. The molecular formula is C21H28ClN3O. The zero-order valence-corrected chi connectivity index (χ0v) is 16.1. The van der Waals surface area contributed by atoms with Crippen LogP contribution >= 0.6 is 12.4 Å². The van der Waals surface area contributed by atoms with E-state index in [1.54, 1.807) is 0 Å². The highest BCUT2D eigenvalue weighted by molar-refractivity contribution is 5.85. The molecule has 0 spiro atoms. The lowest BCUT2D eigenvalue weighted by molar-refractivity contribution is -0.131. The predicted octanol–water partition coefficient (Wildman–Crippen LogP) is 2.74. The topological polar surface area (TPSA) is 49.6 Å². The molecule has 1 saturated heterocycles. The van der Waals surface area contributed by atoms with Gasteiger partial charge in [0.2, 0.25) is 5.91 Å². The van der Waals surface area contributed by atoms with Crippen LogP contribution in [0.4, 0.5) is 0 Å². The van der Waals surface area contributed by atoms with Crippen LogP contribution in [0.25, 0.3) is 0 Å². The first-order chi connectivity index (χ1) is 12.2. The summed E-state index contributed by atoms with van der Waals surface area (Å²) in [6.45, 7) is 3.56. The second-order valence-corrected chi connectivity index (χ2v) is 6.94. The molecule has 3 rings (SSSR count). The van der Waals surface area contributed by atoms with Gasteiger partial charge in [0.05, 0.1) is 6.54 Å². The maximum absolute atomic E-state index is 12.6. The van der Waals surface area contributed by atoms with E-state index in [1.807, 2.05) is 36.2 Å². The van der Waals surface area contributed by atoms with Gasteiger partial charge < -0.3 is 10.6 Å². The minimum atomic E-state index is 0. The van der Waals surface area contributed by atoms with E-state index in [1.165, 1.54) is 5.56 Å². The number of rotatable bonds is 6. The zero-order chi connectivity index (χ0) is 17.6. The van der Waals surface area contributed by atoms with Crippen molar-refractivity contribution in [2.24, 2.45) is 11.7 Å². The number of carbonyl (C=O) groups is 1. The fourth-order valence-electron chi connectivity index (χ4n) is 3.66. The summed E-state index contributed by atoms with van der Waals surface area (Å²) < 4.78 is 0. The van der Waals surface area contributed by atoms with Crippen LogP contribution in [0.15, 0.2) is 60.7 Å². The molecule has 5 heteroatoms. The largest absolute Gasteiger partial charge is 0.340 e. The Balaban J connectivity index is 0.00000243. The Bertz CT molecular complexity index is 680. The van der Waals surface area contributed by atoms with Crippen molar-refractivity contribution in [2.45, 2.75) is 12.5 Å². The van der Waals surface area contributed by atoms with Crippen LogP contribution in [-0.2, 0) is 11.3 Å². The summed E-state index contributed by atoms with van der Waals surface area (Å²) in [7, 11) is 1.88. The molecule has 4 nitrogen and oxygen atoms in total. The maximum Gasteiger partial charge on any atom is 0.236 e. The van der Waals surface area contributed by atoms with Gasteiger partial charge in [-0.15, -0.1) is 12.4 Å². The summed E-state index contributed by atoms with van der Waals surface area (Å²) in [5.74, 6) is 0.987. The fourth-order valence-corrected chi connectivity index (χ4v) is 3.66. The molecule has 0 saturated carbocycles. The smallest absolute Gasteiger partial charge is 0.236 e. The van der Waals surface area contributed by atoms with E-state index >= 15 is 0 Å². The van der Waals surface area contributed by atoms with Gasteiger partial charge in [-0.1, -0.05) is 60.7 Å². The van der Waals surface area contributed by atoms with Gasteiger partial charge >= 0.3 is 0 Å². The fraction of sp³-hybridized carbons (Fsp3) is 0.381. The van der Waals surface area contributed by atoms with Gasteiger partial charge in [0.25, 0.3) is 0 Å². The summed E-state index contributed by atoms with van der Waals surface area (Å²) in [6.07, 6.45) is 0. The van der Waals surface area contributed by atoms with Crippen LogP contribution in [0.2, 0.25) is 0 Å². The number of nitrogens with two attached hydrogens (primary N) is 1. The number of likely N-dealkylation sites (tertiary alicyclic amines) is 1. The molecule has 0 radical (unpaired) electrons. The number of nitrogens with zero attached hydrogens (tertiary/aromatic N) is 2. The summed E-state index contributed by atoms with van der Waals surface area (Å²) in [5, 5.41) is 0. The molecule has 1 heterocycles. The zero-order valence-electron chi connectivity index (χ0n) is 15.3. The SMILES string of the molecule is CN(Cc1ccccc1)C(=O)CN1C[C@@H](CN)[C@H](c2ccccc2)C1.Cl. The van der Waals surface area contributed by atoms with Crippen LogP contribution in [0.5, 0.6) is 0 Å². The quantitative estimate of drug-likeness (QED) is 0.847. The molecular weight excluding hydrogens is 346 g/mol. The van der Waals surface area contributed by atoms with Gasteiger partial charge in [-0.3, -0.25) is 9.69 Å².